The number of nitrogens with zero attached hydrogens (tertiary/aromatic N) is 2. The molecule has 0 aliphatic heterocycles. The maximum atomic E-state index is 5.56. The first kappa shape index (κ1) is 11.0. The molecular weight excluding hydrogens is 202 g/mol. The predicted molar refractivity (Wildman–Crippen MR) is 64.0 cm³/mol. The number of fused-ring (bicyclic) bond motifs is 1. The van der Waals surface area contributed by atoms with E-state index < -0.39 is 0 Å². The maximum absolute atomic E-state index is 5.56. The molecule has 16 heavy (non-hydrogen) atoms. The number of pyridine rings is 1. The first-order valence-electron chi connectivity index (χ1n) is 5.44. The summed E-state index contributed by atoms with van der Waals surface area (Å²) in [6.45, 7) is 5.41. The SMILES string of the molecule is Cc1nc2nccc(CNC(C)CN)c2[nH]1. The van der Waals surface area contributed by atoms with E-state index in [1.165, 1.54) is 5.56 Å². The molecule has 5 heteroatoms. The molecule has 1 atom stereocenters. The molecule has 0 aliphatic carbocycles. The highest BCUT2D eigenvalue weighted by Gasteiger charge is 2.06. The summed E-state index contributed by atoms with van der Waals surface area (Å²) in [5.74, 6) is 0.891. The Hall–Kier alpha value is -1.46. The zero-order valence-electron chi connectivity index (χ0n) is 9.62. The fraction of sp³-hybridized carbons (Fsp3) is 0.455. The van der Waals surface area contributed by atoms with Gasteiger partial charge in [-0.3, -0.25) is 0 Å². The predicted octanol–water partition coefficient (Wildman–Crippen LogP) is 0.703. The molecule has 86 valence electrons. The van der Waals surface area contributed by atoms with Crippen molar-refractivity contribution < 1.29 is 0 Å². The monoisotopic (exact) mass is 219 g/mol. The van der Waals surface area contributed by atoms with Crippen molar-refractivity contribution in [1.29, 1.82) is 0 Å². The van der Waals surface area contributed by atoms with Crippen molar-refractivity contribution in [2.45, 2.75) is 26.4 Å². The van der Waals surface area contributed by atoms with Crippen LogP contribution in [0.4, 0.5) is 0 Å². The van der Waals surface area contributed by atoms with Gasteiger partial charge in [0, 0.05) is 25.3 Å². The molecule has 0 radical (unpaired) electrons. The van der Waals surface area contributed by atoms with E-state index in [0.717, 1.165) is 23.5 Å². The minimum Gasteiger partial charge on any atom is -0.341 e. The molecule has 0 amide bonds. The average Bonchev–Trinajstić information content (AvgIpc) is 2.66. The zero-order chi connectivity index (χ0) is 11.5. The number of aromatic amines is 1. The van der Waals surface area contributed by atoms with Gasteiger partial charge in [-0.1, -0.05) is 0 Å². The summed E-state index contributed by atoms with van der Waals surface area (Å²) in [4.78, 5) is 11.7. The van der Waals surface area contributed by atoms with Crippen molar-refractivity contribution in [2.24, 2.45) is 5.73 Å². The van der Waals surface area contributed by atoms with Crippen molar-refractivity contribution >= 4 is 11.2 Å². The van der Waals surface area contributed by atoms with E-state index in [1.54, 1.807) is 6.20 Å². The van der Waals surface area contributed by atoms with E-state index in [2.05, 4.69) is 27.2 Å². The summed E-state index contributed by atoms with van der Waals surface area (Å²) in [5, 5.41) is 3.35. The zero-order valence-corrected chi connectivity index (χ0v) is 9.62. The van der Waals surface area contributed by atoms with Gasteiger partial charge < -0.3 is 16.0 Å². The lowest BCUT2D eigenvalue weighted by molar-refractivity contribution is 0.557. The molecule has 2 heterocycles. The lowest BCUT2D eigenvalue weighted by Crippen LogP contribution is -2.32. The number of hydrogen-bond donors (Lipinski definition) is 3. The Morgan fingerprint density at radius 3 is 3.12 bits per heavy atom. The van der Waals surface area contributed by atoms with Crippen LogP contribution < -0.4 is 11.1 Å². The fourth-order valence-electron chi connectivity index (χ4n) is 1.59. The second-order valence-electron chi connectivity index (χ2n) is 4.01. The van der Waals surface area contributed by atoms with Crippen LogP contribution in [-0.4, -0.2) is 27.5 Å². The molecule has 0 bridgehead atoms. The minimum atomic E-state index is 0.312. The Labute approximate surface area is 94.5 Å². The van der Waals surface area contributed by atoms with Gasteiger partial charge in [0.2, 0.25) is 0 Å². The molecule has 0 aliphatic rings. The molecule has 0 saturated carbocycles. The van der Waals surface area contributed by atoms with Crippen LogP contribution in [-0.2, 0) is 6.54 Å². The van der Waals surface area contributed by atoms with Crippen molar-refractivity contribution in [3.63, 3.8) is 0 Å². The van der Waals surface area contributed by atoms with Crippen LogP contribution in [0.1, 0.15) is 18.3 Å². The van der Waals surface area contributed by atoms with Gasteiger partial charge in [0.05, 0.1) is 5.52 Å². The summed E-state index contributed by atoms with van der Waals surface area (Å²) < 4.78 is 0. The smallest absolute Gasteiger partial charge is 0.177 e. The van der Waals surface area contributed by atoms with Gasteiger partial charge >= 0.3 is 0 Å². The summed E-state index contributed by atoms with van der Waals surface area (Å²) in [5.41, 5.74) is 8.52. The number of H-pyrrole nitrogens is 1. The van der Waals surface area contributed by atoms with E-state index >= 15 is 0 Å². The second-order valence-corrected chi connectivity index (χ2v) is 4.01. The van der Waals surface area contributed by atoms with Crippen molar-refractivity contribution in [3.05, 3.63) is 23.7 Å². The van der Waals surface area contributed by atoms with E-state index in [9.17, 15) is 0 Å². The summed E-state index contributed by atoms with van der Waals surface area (Å²) >= 11 is 0. The van der Waals surface area contributed by atoms with Crippen LogP contribution in [0.15, 0.2) is 12.3 Å². The van der Waals surface area contributed by atoms with Crippen LogP contribution in [0.2, 0.25) is 0 Å². The van der Waals surface area contributed by atoms with E-state index in [-0.39, 0.29) is 0 Å². The standard InChI is InChI=1S/C11H17N5/c1-7(5-12)14-6-9-3-4-13-11-10(9)15-8(2)16-11/h3-4,7,14H,5-6,12H2,1-2H3,(H,13,15,16). The van der Waals surface area contributed by atoms with E-state index in [0.29, 0.717) is 12.6 Å². The van der Waals surface area contributed by atoms with Gasteiger partial charge in [-0.25, -0.2) is 9.97 Å². The van der Waals surface area contributed by atoms with Crippen LogP contribution in [0.25, 0.3) is 11.2 Å². The molecule has 2 aromatic heterocycles. The van der Waals surface area contributed by atoms with E-state index in [4.69, 9.17) is 5.73 Å². The molecule has 0 aromatic carbocycles. The molecular formula is C11H17N5. The Morgan fingerprint density at radius 2 is 2.38 bits per heavy atom. The third-order valence-corrected chi connectivity index (χ3v) is 2.59. The van der Waals surface area contributed by atoms with Crippen LogP contribution in [0.5, 0.6) is 0 Å². The molecule has 0 spiro atoms. The molecule has 1 unspecified atom stereocenters. The average molecular weight is 219 g/mol. The third-order valence-electron chi connectivity index (χ3n) is 2.59. The van der Waals surface area contributed by atoms with Crippen molar-refractivity contribution in [1.82, 2.24) is 20.3 Å². The van der Waals surface area contributed by atoms with Crippen LogP contribution in [0.3, 0.4) is 0 Å². The van der Waals surface area contributed by atoms with Crippen LogP contribution >= 0.6 is 0 Å². The molecule has 0 saturated heterocycles. The lowest BCUT2D eigenvalue weighted by atomic mass is 10.2. The first-order valence-corrected chi connectivity index (χ1v) is 5.44. The minimum absolute atomic E-state index is 0.312. The topological polar surface area (TPSA) is 79.6 Å². The molecule has 2 aromatic rings. The molecule has 0 fully saturated rings. The van der Waals surface area contributed by atoms with Gasteiger partial charge in [-0.2, -0.15) is 0 Å². The second kappa shape index (κ2) is 4.59. The van der Waals surface area contributed by atoms with Gasteiger partial charge in [0.25, 0.3) is 0 Å². The number of aryl methyl sites for hydroxylation is 1. The summed E-state index contributed by atoms with van der Waals surface area (Å²) in [6.07, 6.45) is 1.78. The van der Waals surface area contributed by atoms with Crippen molar-refractivity contribution in [3.8, 4) is 0 Å². The molecule has 2 rings (SSSR count). The highest BCUT2D eigenvalue weighted by atomic mass is 15.0. The van der Waals surface area contributed by atoms with Gasteiger partial charge in [0.1, 0.15) is 5.82 Å². The Bertz CT molecular complexity index is 476. The number of nitrogens with one attached hydrogen (secondary N) is 2. The molecule has 5 nitrogen and oxygen atoms in total. The fourth-order valence-corrected chi connectivity index (χ4v) is 1.59. The Kier molecular flexibility index (Phi) is 3.17. The number of nitrogens with two attached hydrogens (primary N) is 1. The van der Waals surface area contributed by atoms with Gasteiger partial charge in [0.15, 0.2) is 5.65 Å². The molecule has 4 N–H and O–H groups in total. The van der Waals surface area contributed by atoms with E-state index in [1.807, 2.05) is 13.0 Å². The number of aromatic nitrogens is 3. The normalized spacial score (nSPS) is 13.2. The number of imidazole rings is 1. The largest absolute Gasteiger partial charge is 0.341 e. The quantitative estimate of drug-likeness (QED) is 0.707. The maximum Gasteiger partial charge on any atom is 0.177 e. The highest BCUT2D eigenvalue weighted by molar-refractivity contribution is 5.74. The Balaban J connectivity index is 2.23. The first-order chi connectivity index (χ1) is 7.70. The highest BCUT2D eigenvalue weighted by Crippen LogP contribution is 2.13. The van der Waals surface area contributed by atoms with Gasteiger partial charge in [-0.05, 0) is 25.5 Å². The van der Waals surface area contributed by atoms with Crippen molar-refractivity contribution in [2.75, 3.05) is 6.54 Å². The third kappa shape index (κ3) is 2.20. The van der Waals surface area contributed by atoms with Gasteiger partial charge in [-0.15, -0.1) is 0 Å². The van der Waals surface area contributed by atoms with Crippen LogP contribution in [0, 0.1) is 6.92 Å². The Morgan fingerprint density at radius 1 is 1.56 bits per heavy atom. The summed E-state index contributed by atoms with van der Waals surface area (Å²) in [7, 11) is 0. The lowest BCUT2D eigenvalue weighted by Gasteiger charge is -2.11. The number of hydrogen-bond acceptors (Lipinski definition) is 4. The number of rotatable bonds is 4. The summed E-state index contributed by atoms with van der Waals surface area (Å²) in [6, 6.07) is 2.31.